The third-order valence-electron chi connectivity index (χ3n) is 3.33. The van der Waals surface area contributed by atoms with Crippen LogP contribution in [0.3, 0.4) is 0 Å². The minimum atomic E-state index is -3.60. The van der Waals surface area contributed by atoms with Gasteiger partial charge in [-0.15, -0.1) is 0 Å². The summed E-state index contributed by atoms with van der Waals surface area (Å²) < 4.78 is 30.7. The van der Waals surface area contributed by atoms with Crippen LogP contribution in [-0.2, 0) is 9.84 Å². The molecule has 0 saturated carbocycles. The Morgan fingerprint density at radius 2 is 1.12 bits per heavy atom. The molecule has 122 valence electrons. The average Bonchev–Trinajstić information content (AvgIpc) is 2.58. The Bertz CT molecular complexity index is 932. The summed E-state index contributed by atoms with van der Waals surface area (Å²) in [6, 6.07) is 18.4. The molecule has 0 amide bonds. The number of ether oxygens (including phenoxy) is 1. The molecule has 0 unspecified atom stereocenters. The highest BCUT2D eigenvalue weighted by atomic mass is 35.5. The van der Waals surface area contributed by atoms with Crippen molar-refractivity contribution in [2.45, 2.75) is 9.79 Å². The molecular formula is C18H13ClO4S. The van der Waals surface area contributed by atoms with E-state index in [2.05, 4.69) is 0 Å². The van der Waals surface area contributed by atoms with Crippen molar-refractivity contribution in [2.24, 2.45) is 0 Å². The fraction of sp³-hybridized carbons (Fsp3) is 0. The number of hydrogen-bond acceptors (Lipinski definition) is 4. The van der Waals surface area contributed by atoms with Crippen LogP contribution in [0.1, 0.15) is 0 Å². The van der Waals surface area contributed by atoms with E-state index in [1.54, 1.807) is 24.3 Å². The molecule has 0 spiro atoms. The number of aromatic hydroxyl groups is 1. The van der Waals surface area contributed by atoms with E-state index in [4.69, 9.17) is 16.3 Å². The quantitative estimate of drug-likeness (QED) is 0.734. The van der Waals surface area contributed by atoms with Gasteiger partial charge in [0.25, 0.3) is 0 Å². The van der Waals surface area contributed by atoms with Gasteiger partial charge in [0.05, 0.1) is 9.79 Å². The van der Waals surface area contributed by atoms with E-state index >= 15 is 0 Å². The fourth-order valence-electron chi connectivity index (χ4n) is 2.09. The highest BCUT2D eigenvalue weighted by Crippen LogP contribution is 2.27. The summed E-state index contributed by atoms with van der Waals surface area (Å²) in [6.07, 6.45) is 0. The summed E-state index contributed by atoms with van der Waals surface area (Å²) in [6.45, 7) is 0. The van der Waals surface area contributed by atoms with Crippen LogP contribution in [0.4, 0.5) is 0 Å². The van der Waals surface area contributed by atoms with E-state index in [0.29, 0.717) is 16.5 Å². The molecule has 3 aromatic carbocycles. The van der Waals surface area contributed by atoms with Gasteiger partial charge in [-0.1, -0.05) is 11.6 Å². The second-order valence-corrected chi connectivity index (χ2v) is 7.41. The molecule has 3 rings (SSSR count). The molecule has 0 heterocycles. The minimum absolute atomic E-state index is 0.145. The van der Waals surface area contributed by atoms with Gasteiger partial charge in [-0.2, -0.15) is 0 Å². The van der Waals surface area contributed by atoms with Crippen molar-refractivity contribution in [3.8, 4) is 17.2 Å². The maximum Gasteiger partial charge on any atom is 0.206 e. The van der Waals surface area contributed by atoms with Crippen LogP contribution in [0, 0.1) is 0 Å². The highest BCUT2D eigenvalue weighted by molar-refractivity contribution is 7.91. The van der Waals surface area contributed by atoms with Gasteiger partial charge in [0, 0.05) is 5.02 Å². The van der Waals surface area contributed by atoms with Gasteiger partial charge < -0.3 is 9.84 Å². The number of rotatable bonds is 4. The molecule has 0 bridgehead atoms. The van der Waals surface area contributed by atoms with Gasteiger partial charge in [0.2, 0.25) is 9.84 Å². The van der Waals surface area contributed by atoms with Crippen molar-refractivity contribution in [3.05, 3.63) is 77.8 Å². The monoisotopic (exact) mass is 360 g/mol. The number of phenolic OH excluding ortho intramolecular Hbond substituents is 1. The second kappa shape index (κ2) is 6.55. The lowest BCUT2D eigenvalue weighted by molar-refractivity contribution is 0.464. The lowest BCUT2D eigenvalue weighted by atomic mass is 10.3. The van der Waals surface area contributed by atoms with E-state index in [1.807, 2.05) is 0 Å². The van der Waals surface area contributed by atoms with Gasteiger partial charge in [0.1, 0.15) is 17.2 Å². The van der Waals surface area contributed by atoms with Gasteiger partial charge in [0.15, 0.2) is 0 Å². The summed E-state index contributed by atoms with van der Waals surface area (Å²) in [7, 11) is -3.60. The molecule has 3 aromatic rings. The minimum Gasteiger partial charge on any atom is -0.508 e. The van der Waals surface area contributed by atoms with Gasteiger partial charge in [-0.3, -0.25) is 0 Å². The van der Waals surface area contributed by atoms with Crippen molar-refractivity contribution in [3.63, 3.8) is 0 Å². The van der Waals surface area contributed by atoms with Gasteiger partial charge >= 0.3 is 0 Å². The summed E-state index contributed by atoms with van der Waals surface area (Å²) >= 11 is 5.79. The molecular weight excluding hydrogens is 348 g/mol. The van der Waals surface area contributed by atoms with E-state index in [1.165, 1.54) is 48.5 Å². The molecule has 0 aliphatic carbocycles. The summed E-state index contributed by atoms with van der Waals surface area (Å²) in [5.41, 5.74) is 0. The van der Waals surface area contributed by atoms with Crippen molar-refractivity contribution in [2.75, 3.05) is 0 Å². The molecule has 0 fully saturated rings. The Hall–Kier alpha value is -2.50. The van der Waals surface area contributed by atoms with Crippen molar-refractivity contribution >= 4 is 21.4 Å². The van der Waals surface area contributed by atoms with Crippen LogP contribution in [-0.4, -0.2) is 13.5 Å². The van der Waals surface area contributed by atoms with Crippen LogP contribution in [0.5, 0.6) is 17.2 Å². The Labute approximate surface area is 144 Å². The van der Waals surface area contributed by atoms with E-state index in [9.17, 15) is 13.5 Å². The zero-order valence-corrected chi connectivity index (χ0v) is 14.0. The third-order valence-corrected chi connectivity index (χ3v) is 5.37. The van der Waals surface area contributed by atoms with Crippen LogP contribution in [0.2, 0.25) is 5.02 Å². The van der Waals surface area contributed by atoms with E-state index in [0.717, 1.165) is 0 Å². The van der Waals surface area contributed by atoms with Crippen LogP contribution in [0.25, 0.3) is 0 Å². The predicted octanol–water partition coefficient (Wildman–Crippen LogP) is 4.67. The van der Waals surface area contributed by atoms with Crippen molar-refractivity contribution in [1.82, 2.24) is 0 Å². The lowest BCUT2D eigenvalue weighted by Gasteiger charge is -2.08. The maximum atomic E-state index is 12.5. The third kappa shape index (κ3) is 3.53. The fourth-order valence-corrected chi connectivity index (χ4v) is 3.47. The zero-order chi connectivity index (χ0) is 17.2. The lowest BCUT2D eigenvalue weighted by Crippen LogP contribution is -2.01. The van der Waals surface area contributed by atoms with Crippen LogP contribution < -0.4 is 4.74 Å². The zero-order valence-electron chi connectivity index (χ0n) is 12.4. The first kappa shape index (κ1) is 16.4. The molecule has 4 nitrogen and oxygen atoms in total. The van der Waals surface area contributed by atoms with Gasteiger partial charge in [-0.05, 0) is 72.8 Å². The second-order valence-electron chi connectivity index (χ2n) is 5.02. The normalized spacial score (nSPS) is 11.2. The Morgan fingerprint density at radius 3 is 1.62 bits per heavy atom. The molecule has 0 aliphatic rings. The SMILES string of the molecule is O=S(=O)(c1ccc(Cl)cc1)c1ccc(Oc2ccc(O)cc2)cc1. The number of sulfone groups is 1. The molecule has 6 heteroatoms. The van der Waals surface area contributed by atoms with E-state index in [-0.39, 0.29) is 15.5 Å². The molecule has 0 atom stereocenters. The first-order valence-electron chi connectivity index (χ1n) is 7.03. The van der Waals surface area contributed by atoms with Crippen molar-refractivity contribution < 1.29 is 18.3 Å². The Morgan fingerprint density at radius 1 is 0.708 bits per heavy atom. The molecule has 1 N–H and O–H groups in total. The number of hydrogen-bond donors (Lipinski definition) is 1. The molecule has 0 saturated heterocycles. The molecule has 24 heavy (non-hydrogen) atoms. The molecule has 0 radical (unpaired) electrons. The Balaban J connectivity index is 1.83. The van der Waals surface area contributed by atoms with E-state index < -0.39 is 9.84 Å². The summed E-state index contributed by atoms with van der Waals surface area (Å²) in [5.74, 6) is 1.18. The highest BCUT2D eigenvalue weighted by Gasteiger charge is 2.17. The first-order chi connectivity index (χ1) is 11.4. The number of halogens is 1. The number of benzene rings is 3. The first-order valence-corrected chi connectivity index (χ1v) is 8.89. The predicted molar refractivity (Wildman–Crippen MR) is 91.5 cm³/mol. The maximum absolute atomic E-state index is 12.5. The summed E-state index contributed by atoms with van der Waals surface area (Å²) in [4.78, 5) is 0.349. The van der Waals surface area contributed by atoms with Crippen LogP contribution in [0.15, 0.2) is 82.6 Å². The standard InChI is InChI=1S/C18H13ClO4S/c19-13-1-9-17(10-2-13)24(21,22)18-11-7-16(8-12-18)23-15-5-3-14(20)4-6-15/h1-12,20H. The molecule has 0 aliphatic heterocycles. The Kier molecular flexibility index (Phi) is 4.46. The molecule has 0 aromatic heterocycles. The number of phenols is 1. The smallest absolute Gasteiger partial charge is 0.206 e. The topological polar surface area (TPSA) is 63.6 Å². The van der Waals surface area contributed by atoms with Gasteiger partial charge in [-0.25, -0.2) is 8.42 Å². The van der Waals surface area contributed by atoms with Crippen molar-refractivity contribution in [1.29, 1.82) is 0 Å². The average molecular weight is 361 g/mol. The van der Waals surface area contributed by atoms with Crippen LogP contribution >= 0.6 is 11.6 Å². The summed E-state index contributed by atoms with van der Waals surface area (Å²) in [5, 5.41) is 9.72. The largest absolute Gasteiger partial charge is 0.508 e.